The van der Waals surface area contributed by atoms with Gasteiger partial charge in [-0.3, -0.25) is 0 Å². The highest BCUT2D eigenvalue weighted by atomic mass is 19.1. The maximum absolute atomic E-state index is 14.2. The molecule has 1 fully saturated rings. The van der Waals surface area contributed by atoms with Crippen molar-refractivity contribution >= 4 is 5.78 Å². The molecule has 1 aliphatic rings. The Morgan fingerprint density at radius 1 is 1.04 bits per heavy atom. The molecule has 0 atom stereocenters. The second-order valence-corrected chi connectivity index (χ2v) is 6.46. The van der Waals surface area contributed by atoms with Crippen molar-refractivity contribution in [3.63, 3.8) is 0 Å². The van der Waals surface area contributed by atoms with E-state index in [2.05, 4.69) is 15.1 Å². The van der Waals surface area contributed by atoms with Crippen LogP contribution < -0.4 is 4.74 Å². The molecule has 0 amide bonds. The molecule has 0 aliphatic heterocycles. The molecule has 1 aromatic carbocycles. The number of rotatable bonds is 3. The van der Waals surface area contributed by atoms with Crippen LogP contribution in [0.3, 0.4) is 0 Å². The van der Waals surface area contributed by atoms with Crippen LogP contribution in [0, 0.1) is 17.5 Å². The maximum atomic E-state index is 14.2. The average molecular weight is 362 g/mol. The number of halogens is 3. The van der Waals surface area contributed by atoms with Crippen LogP contribution in [0.15, 0.2) is 18.3 Å². The van der Waals surface area contributed by atoms with Crippen LogP contribution in [0.5, 0.6) is 5.88 Å². The molecule has 0 saturated heterocycles. The molecule has 2 aromatic heterocycles. The summed E-state index contributed by atoms with van der Waals surface area (Å²) < 4.78 is 48.2. The summed E-state index contributed by atoms with van der Waals surface area (Å²) in [4.78, 5) is 8.68. The largest absolute Gasteiger partial charge is 0.480 e. The third-order valence-electron chi connectivity index (χ3n) is 4.75. The minimum absolute atomic E-state index is 0.00417. The molecule has 0 spiro atoms. The zero-order chi connectivity index (χ0) is 18.3. The first-order chi connectivity index (χ1) is 12.6. The maximum Gasteiger partial charge on any atom is 0.255 e. The lowest BCUT2D eigenvalue weighted by Gasteiger charge is -2.17. The number of hydrogen-bond donors (Lipinski definition) is 0. The first kappa shape index (κ1) is 16.8. The van der Waals surface area contributed by atoms with E-state index in [1.54, 1.807) is 0 Å². The van der Waals surface area contributed by atoms with Crippen molar-refractivity contribution in [1.29, 1.82) is 0 Å². The molecular weight excluding hydrogens is 345 g/mol. The van der Waals surface area contributed by atoms with Gasteiger partial charge in [-0.25, -0.2) is 17.7 Å². The van der Waals surface area contributed by atoms with Gasteiger partial charge in [-0.1, -0.05) is 19.3 Å². The van der Waals surface area contributed by atoms with Crippen LogP contribution in [0.1, 0.15) is 43.8 Å². The van der Waals surface area contributed by atoms with Gasteiger partial charge in [0.15, 0.2) is 5.82 Å². The second-order valence-electron chi connectivity index (χ2n) is 6.46. The van der Waals surface area contributed by atoms with Crippen molar-refractivity contribution in [2.24, 2.45) is 0 Å². The van der Waals surface area contributed by atoms with Crippen LogP contribution >= 0.6 is 0 Å². The molecule has 26 heavy (non-hydrogen) atoms. The predicted octanol–water partition coefficient (Wildman–Crippen LogP) is 4.26. The summed E-state index contributed by atoms with van der Waals surface area (Å²) in [6, 6.07) is 1.24. The first-order valence-corrected chi connectivity index (χ1v) is 8.53. The van der Waals surface area contributed by atoms with E-state index in [-0.39, 0.29) is 17.4 Å². The molecule has 8 heteroatoms. The summed E-state index contributed by atoms with van der Waals surface area (Å²) in [5.74, 6) is -1.81. The summed E-state index contributed by atoms with van der Waals surface area (Å²) in [5.41, 5.74) is -0.359. The van der Waals surface area contributed by atoms with Crippen LogP contribution in [-0.4, -0.2) is 26.7 Å². The van der Waals surface area contributed by atoms with Crippen molar-refractivity contribution < 1.29 is 17.9 Å². The molecule has 136 valence electrons. The van der Waals surface area contributed by atoms with Crippen LogP contribution in [-0.2, 0) is 0 Å². The molecule has 1 saturated carbocycles. The second kappa shape index (κ2) is 6.59. The molecule has 1 aliphatic carbocycles. The highest BCUT2D eigenvalue weighted by molar-refractivity contribution is 5.70. The lowest BCUT2D eigenvalue weighted by molar-refractivity contribution is 0.398. The van der Waals surface area contributed by atoms with Gasteiger partial charge in [-0.05, 0) is 12.8 Å². The van der Waals surface area contributed by atoms with E-state index >= 15 is 0 Å². The molecule has 2 heterocycles. The van der Waals surface area contributed by atoms with E-state index in [9.17, 15) is 13.2 Å². The van der Waals surface area contributed by atoms with E-state index in [4.69, 9.17) is 4.74 Å². The Bertz CT molecular complexity index is 943. The number of aromatic nitrogens is 4. The van der Waals surface area contributed by atoms with Crippen LogP contribution in [0.4, 0.5) is 13.2 Å². The smallest absolute Gasteiger partial charge is 0.255 e. The van der Waals surface area contributed by atoms with E-state index in [1.807, 2.05) is 0 Å². The normalized spacial score (nSPS) is 15.5. The Kier molecular flexibility index (Phi) is 4.26. The third kappa shape index (κ3) is 2.89. The fourth-order valence-corrected chi connectivity index (χ4v) is 3.48. The highest BCUT2D eigenvalue weighted by Crippen LogP contribution is 2.34. The summed E-state index contributed by atoms with van der Waals surface area (Å²) in [7, 11) is 1.35. The topological polar surface area (TPSA) is 52.3 Å². The van der Waals surface area contributed by atoms with Gasteiger partial charge in [-0.2, -0.15) is 9.97 Å². The van der Waals surface area contributed by atoms with E-state index in [0.717, 1.165) is 25.7 Å². The Hall–Kier alpha value is -2.64. The number of fused-ring (bicyclic) bond motifs is 1. The first-order valence-electron chi connectivity index (χ1n) is 8.53. The molecule has 5 nitrogen and oxygen atoms in total. The third-order valence-corrected chi connectivity index (χ3v) is 4.75. The summed E-state index contributed by atoms with van der Waals surface area (Å²) in [6.45, 7) is 0. The van der Waals surface area contributed by atoms with Gasteiger partial charge in [0.2, 0.25) is 5.88 Å². The summed E-state index contributed by atoms with van der Waals surface area (Å²) in [6.07, 6.45) is 6.93. The van der Waals surface area contributed by atoms with Crippen molar-refractivity contribution in [3.05, 3.63) is 41.6 Å². The van der Waals surface area contributed by atoms with Crippen molar-refractivity contribution in [2.75, 3.05) is 7.11 Å². The Balaban J connectivity index is 1.85. The fraction of sp³-hybridized carbons (Fsp3) is 0.389. The van der Waals surface area contributed by atoms with E-state index < -0.39 is 23.0 Å². The molecule has 0 N–H and O–H groups in total. The van der Waals surface area contributed by atoms with Gasteiger partial charge in [0, 0.05) is 24.2 Å². The van der Waals surface area contributed by atoms with E-state index in [0.29, 0.717) is 23.7 Å². The van der Waals surface area contributed by atoms with Crippen LogP contribution in [0.25, 0.3) is 16.9 Å². The van der Waals surface area contributed by atoms with Crippen molar-refractivity contribution in [3.8, 4) is 17.0 Å². The molecule has 0 radical (unpaired) electrons. The van der Waals surface area contributed by atoms with Gasteiger partial charge in [-0.15, -0.1) is 5.10 Å². The lowest BCUT2D eigenvalue weighted by atomic mass is 9.89. The zero-order valence-electron chi connectivity index (χ0n) is 14.2. The highest BCUT2D eigenvalue weighted by Gasteiger charge is 2.23. The molecule has 0 unspecified atom stereocenters. The predicted molar refractivity (Wildman–Crippen MR) is 88.5 cm³/mol. The zero-order valence-corrected chi connectivity index (χ0v) is 14.2. The number of ether oxygens (including phenoxy) is 1. The van der Waals surface area contributed by atoms with Gasteiger partial charge < -0.3 is 4.74 Å². The summed E-state index contributed by atoms with van der Waals surface area (Å²) in [5, 5.41) is 4.44. The Morgan fingerprint density at radius 3 is 2.38 bits per heavy atom. The quantitative estimate of drug-likeness (QED) is 0.698. The number of nitrogens with zero attached hydrogens (tertiary/aromatic N) is 4. The van der Waals surface area contributed by atoms with Gasteiger partial charge in [0.05, 0.1) is 18.2 Å². The van der Waals surface area contributed by atoms with Crippen molar-refractivity contribution in [2.45, 2.75) is 38.0 Å². The average Bonchev–Trinajstić information content (AvgIpc) is 3.04. The van der Waals surface area contributed by atoms with Crippen molar-refractivity contribution in [1.82, 2.24) is 19.6 Å². The van der Waals surface area contributed by atoms with Crippen LogP contribution in [0.2, 0.25) is 0 Å². The fourth-order valence-electron chi connectivity index (χ4n) is 3.48. The SMILES string of the molecule is COc1nc2nc(C3CCCCC3)nn2cc1-c1c(F)cc(F)cc1F. The minimum Gasteiger partial charge on any atom is -0.480 e. The number of methoxy groups -OCH3 is 1. The monoisotopic (exact) mass is 362 g/mol. The molecular formula is C18H17F3N4O. The number of benzene rings is 1. The number of hydrogen-bond acceptors (Lipinski definition) is 4. The molecule has 0 bridgehead atoms. The van der Waals surface area contributed by atoms with Gasteiger partial charge in [0.1, 0.15) is 17.5 Å². The standard InChI is InChI=1S/C18H17F3N4O/c1-26-17-12(15-13(20)7-11(19)8-14(15)21)9-25-18(23-17)22-16(24-25)10-5-3-2-4-6-10/h7-10H,2-6H2,1H3. The molecule has 4 rings (SSSR count). The van der Waals surface area contributed by atoms with E-state index in [1.165, 1.54) is 24.2 Å². The van der Waals surface area contributed by atoms with Gasteiger partial charge >= 0.3 is 0 Å². The van der Waals surface area contributed by atoms with Gasteiger partial charge in [0.25, 0.3) is 5.78 Å². The minimum atomic E-state index is -1.03. The lowest BCUT2D eigenvalue weighted by Crippen LogP contribution is -2.06. The molecule has 3 aromatic rings. The Morgan fingerprint density at radius 2 is 1.73 bits per heavy atom. The summed E-state index contributed by atoms with van der Waals surface area (Å²) >= 11 is 0. The Labute approximate surface area is 147 Å².